The standard InChI is InChI=1S/C25H32Cl2N2O/c26-24-9-5-19(15-25(24)27)17-28-10-3-13-30-23-8-7-21-14-20(4-6-22(21)16-23)18-29-11-1-2-12-29/h5,7-9,15-16,20,28H,1-4,6,10-14,17-18H2. The smallest absolute Gasteiger partial charge is 0.119 e. The Labute approximate surface area is 190 Å². The molecule has 0 saturated carbocycles. The Hall–Kier alpha value is -1.26. The third-order valence-electron chi connectivity index (χ3n) is 6.30. The Balaban J connectivity index is 1.16. The van der Waals surface area contributed by atoms with Gasteiger partial charge in [-0.25, -0.2) is 0 Å². The maximum atomic E-state index is 6.06. The number of halogens is 2. The minimum absolute atomic E-state index is 0.598. The summed E-state index contributed by atoms with van der Waals surface area (Å²) in [6.07, 6.45) is 7.47. The van der Waals surface area contributed by atoms with Crippen molar-refractivity contribution in [1.82, 2.24) is 10.2 Å². The molecule has 162 valence electrons. The molecule has 1 unspecified atom stereocenters. The van der Waals surface area contributed by atoms with E-state index in [4.69, 9.17) is 27.9 Å². The highest BCUT2D eigenvalue weighted by atomic mass is 35.5. The summed E-state index contributed by atoms with van der Waals surface area (Å²) in [6.45, 7) is 6.31. The molecule has 3 nitrogen and oxygen atoms in total. The predicted octanol–water partition coefficient (Wildman–Crippen LogP) is 5.75. The highest BCUT2D eigenvalue weighted by Crippen LogP contribution is 2.30. The lowest BCUT2D eigenvalue weighted by atomic mass is 9.83. The zero-order valence-corrected chi connectivity index (χ0v) is 19.1. The quantitative estimate of drug-likeness (QED) is 0.495. The van der Waals surface area contributed by atoms with Gasteiger partial charge in [-0.1, -0.05) is 35.3 Å². The van der Waals surface area contributed by atoms with Gasteiger partial charge in [-0.2, -0.15) is 0 Å². The van der Waals surface area contributed by atoms with E-state index >= 15 is 0 Å². The lowest BCUT2D eigenvalue weighted by molar-refractivity contribution is 0.261. The Morgan fingerprint density at radius 2 is 1.87 bits per heavy atom. The molecule has 30 heavy (non-hydrogen) atoms. The van der Waals surface area contributed by atoms with Crippen molar-refractivity contribution in [3.8, 4) is 5.75 Å². The molecule has 1 aliphatic carbocycles. The van der Waals surface area contributed by atoms with Gasteiger partial charge in [-0.15, -0.1) is 0 Å². The maximum absolute atomic E-state index is 6.06. The van der Waals surface area contributed by atoms with Gasteiger partial charge < -0.3 is 15.0 Å². The van der Waals surface area contributed by atoms with Crippen LogP contribution in [-0.4, -0.2) is 37.7 Å². The second-order valence-corrected chi connectivity index (χ2v) is 9.49. The molecule has 0 spiro atoms. The largest absolute Gasteiger partial charge is 0.494 e. The first-order valence-electron chi connectivity index (χ1n) is 11.3. The van der Waals surface area contributed by atoms with Crippen molar-refractivity contribution in [1.29, 1.82) is 0 Å². The molecular weight excluding hydrogens is 415 g/mol. The van der Waals surface area contributed by atoms with Crippen molar-refractivity contribution in [2.75, 3.05) is 32.8 Å². The van der Waals surface area contributed by atoms with Gasteiger partial charge in [0.05, 0.1) is 16.7 Å². The van der Waals surface area contributed by atoms with E-state index in [0.717, 1.165) is 43.3 Å². The average molecular weight is 447 g/mol. The predicted molar refractivity (Wildman–Crippen MR) is 126 cm³/mol. The van der Waals surface area contributed by atoms with Crippen molar-refractivity contribution >= 4 is 23.2 Å². The summed E-state index contributed by atoms with van der Waals surface area (Å²) in [6, 6.07) is 12.5. The number of ether oxygens (including phenoxy) is 1. The molecule has 0 radical (unpaired) electrons. The van der Waals surface area contributed by atoms with E-state index in [1.165, 1.54) is 62.9 Å². The van der Waals surface area contributed by atoms with Gasteiger partial charge in [-0.05, 0) is 105 Å². The van der Waals surface area contributed by atoms with Crippen LogP contribution in [0.5, 0.6) is 5.75 Å². The number of nitrogens with one attached hydrogen (secondary N) is 1. The van der Waals surface area contributed by atoms with Crippen LogP contribution in [-0.2, 0) is 19.4 Å². The van der Waals surface area contributed by atoms with Gasteiger partial charge >= 0.3 is 0 Å². The number of benzene rings is 2. The maximum Gasteiger partial charge on any atom is 0.119 e. The summed E-state index contributed by atoms with van der Waals surface area (Å²) in [4.78, 5) is 2.66. The highest BCUT2D eigenvalue weighted by Gasteiger charge is 2.22. The van der Waals surface area contributed by atoms with Gasteiger partial charge in [0.15, 0.2) is 0 Å². The molecule has 2 aromatic rings. The van der Waals surface area contributed by atoms with Gasteiger partial charge in [0.2, 0.25) is 0 Å². The number of nitrogens with zero attached hydrogens (tertiary/aromatic N) is 1. The van der Waals surface area contributed by atoms with E-state index in [2.05, 4.69) is 28.4 Å². The van der Waals surface area contributed by atoms with Gasteiger partial charge in [0.1, 0.15) is 5.75 Å². The third kappa shape index (κ3) is 6.13. The monoisotopic (exact) mass is 446 g/mol. The summed E-state index contributed by atoms with van der Waals surface area (Å²) < 4.78 is 6.01. The molecule has 0 amide bonds. The van der Waals surface area contributed by atoms with Crippen LogP contribution in [0.1, 0.15) is 42.4 Å². The van der Waals surface area contributed by atoms with E-state index in [9.17, 15) is 0 Å². The number of fused-ring (bicyclic) bond motifs is 1. The third-order valence-corrected chi connectivity index (χ3v) is 7.04. The zero-order chi connectivity index (χ0) is 20.8. The summed E-state index contributed by atoms with van der Waals surface area (Å²) in [7, 11) is 0. The summed E-state index contributed by atoms with van der Waals surface area (Å²) in [5.41, 5.74) is 4.16. The number of aryl methyl sites for hydroxylation is 1. The molecule has 1 N–H and O–H groups in total. The Morgan fingerprint density at radius 3 is 2.70 bits per heavy atom. The van der Waals surface area contributed by atoms with E-state index in [1.807, 2.05) is 18.2 Å². The minimum Gasteiger partial charge on any atom is -0.494 e. The fraction of sp³-hybridized carbons (Fsp3) is 0.520. The van der Waals surface area contributed by atoms with Crippen LogP contribution in [0, 0.1) is 5.92 Å². The second-order valence-electron chi connectivity index (χ2n) is 8.67. The van der Waals surface area contributed by atoms with Crippen LogP contribution >= 0.6 is 23.2 Å². The molecule has 1 heterocycles. The summed E-state index contributed by atoms with van der Waals surface area (Å²) in [5, 5.41) is 4.64. The normalized spacial score (nSPS) is 19.1. The summed E-state index contributed by atoms with van der Waals surface area (Å²) in [5.74, 6) is 1.83. The Morgan fingerprint density at radius 1 is 1.00 bits per heavy atom. The molecule has 1 saturated heterocycles. The molecule has 5 heteroatoms. The molecule has 0 aromatic heterocycles. The van der Waals surface area contributed by atoms with E-state index in [-0.39, 0.29) is 0 Å². The van der Waals surface area contributed by atoms with Gasteiger partial charge in [-0.3, -0.25) is 0 Å². The average Bonchev–Trinajstić information content (AvgIpc) is 3.26. The molecule has 1 atom stereocenters. The first-order valence-corrected chi connectivity index (χ1v) is 12.0. The fourth-order valence-corrected chi connectivity index (χ4v) is 4.97. The van der Waals surface area contributed by atoms with E-state index in [0.29, 0.717) is 10.0 Å². The number of hydrogen-bond acceptors (Lipinski definition) is 3. The fourth-order valence-electron chi connectivity index (χ4n) is 4.65. The van der Waals surface area contributed by atoms with Crippen LogP contribution in [0.2, 0.25) is 10.0 Å². The molecule has 2 aromatic carbocycles. The van der Waals surface area contributed by atoms with Crippen LogP contribution < -0.4 is 10.1 Å². The highest BCUT2D eigenvalue weighted by molar-refractivity contribution is 6.42. The topological polar surface area (TPSA) is 24.5 Å². The minimum atomic E-state index is 0.598. The molecule has 1 aliphatic heterocycles. The Bertz CT molecular complexity index is 836. The van der Waals surface area contributed by atoms with E-state index in [1.54, 1.807) is 0 Å². The van der Waals surface area contributed by atoms with Crippen molar-refractivity contribution in [3.63, 3.8) is 0 Å². The molecular formula is C25H32Cl2N2O. The van der Waals surface area contributed by atoms with E-state index < -0.39 is 0 Å². The van der Waals surface area contributed by atoms with Crippen LogP contribution in [0.3, 0.4) is 0 Å². The van der Waals surface area contributed by atoms with Crippen LogP contribution in [0.25, 0.3) is 0 Å². The first kappa shape index (κ1) is 22.0. The lowest BCUT2D eigenvalue weighted by Gasteiger charge is -2.28. The number of rotatable bonds is 9. The zero-order valence-electron chi connectivity index (χ0n) is 17.6. The number of likely N-dealkylation sites (tertiary alicyclic amines) is 1. The van der Waals surface area contributed by atoms with Crippen molar-refractivity contribution in [2.45, 2.75) is 45.1 Å². The summed E-state index contributed by atoms with van der Waals surface area (Å²) >= 11 is 12.0. The van der Waals surface area contributed by atoms with Crippen LogP contribution in [0.15, 0.2) is 36.4 Å². The Kier molecular flexibility index (Phi) is 7.95. The second kappa shape index (κ2) is 10.9. The lowest BCUT2D eigenvalue weighted by Crippen LogP contribution is -2.30. The molecule has 4 rings (SSSR count). The molecule has 1 fully saturated rings. The van der Waals surface area contributed by atoms with Crippen molar-refractivity contribution in [3.05, 3.63) is 63.1 Å². The van der Waals surface area contributed by atoms with Gasteiger partial charge in [0, 0.05) is 13.1 Å². The van der Waals surface area contributed by atoms with Crippen molar-refractivity contribution in [2.24, 2.45) is 5.92 Å². The molecule has 0 bridgehead atoms. The van der Waals surface area contributed by atoms with Crippen LogP contribution in [0.4, 0.5) is 0 Å². The molecule has 2 aliphatic rings. The van der Waals surface area contributed by atoms with Gasteiger partial charge in [0.25, 0.3) is 0 Å². The first-order chi connectivity index (χ1) is 14.7. The van der Waals surface area contributed by atoms with Crippen molar-refractivity contribution < 1.29 is 4.74 Å². The SMILES string of the molecule is Clc1ccc(CNCCCOc2ccc3c(c2)CCC(CN2CCCC2)C3)cc1Cl. The number of hydrogen-bond donors (Lipinski definition) is 1.